The third-order valence-electron chi connectivity index (χ3n) is 4.96. The first-order valence-corrected chi connectivity index (χ1v) is 10.8. The summed E-state index contributed by atoms with van der Waals surface area (Å²) in [6.45, 7) is 1.81. The fourth-order valence-electron chi connectivity index (χ4n) is 3.27. The maximum Gasteiger partial charge on any atom is 0.273 e. The number of aromatic nitrogens is 4. The maximum atomic E-state index is 12.3. The molecule has 1 aromatic carbocycles. The summed E-state index contributed by atoms with van der Waals surface area (Å²) in [5, 5.41) is 6.18. The molecule has 8 nitrogen and oxygen atoms in total. The molecule has 0 atom stereocenters. The number of nitrogens with one attached hydrogen (secondary N) is 2. The highest BCUT2D eigenvalue weighted by Gasteiger charge is 2.13. The Morgan fingerprint density at radius 3 is 2.81 bits per heavy atom. The van der Waals surface area contributed by atoms with Gasteiger partial charge in [0.15, 0.2) is 11.6 Å². The lowest BCUT2D eigenvalue weighted by Crippen LogP contribution is -2.24. The lowest BCUT2D eigenvalue weighted by atomic mass is 10.3. The van der Waals surface area contributed by atoms with Crippen LogP contribution < -0.4 is 10.6 Å². The van der Waals surface area contributed by atoms with E-state index >= 15 is 0 Å². The number of benzene rings is 1. The fraction of sp³-hybridized carbons (Fsp3) is 0.273. The molecule has 2 N–H and O–H groups in total. The minimum atomic E-state index is -0.289. The van der Waals surface area contributed by atoms with Gasteiger partial charge in [0.2, 0.25) is 0 Å². The van der Waals surface area contributed by atoms with Crippen molar-refractivity contribution in [2.45, 2.75) is 19.4 Å². The lowest BCUT2D eigenvalue weighted by molar-refractivity contribution is 0.0945. The number of aryl methyl sites for hydroxylation is 1. The number of carbonyl (C=O) groups is 1. The number of hydrogen-bond donors (Lipinski definition) is 2. The molecule has 160 valence electrons. The van der Waals surface area contributed by atoms with Crippen molar-refractivity contribution in [2.75, 3.05) is 13.1 Å². The van der Waals surface area contributed by atoms with Gasteiger partial charge in [-0.2, -0.15) is 0 Å². The number of hydrogen-bond acceptors (Lipinski definition) is 6. The number of pyridine rings is 1. The largest absolute Gasteiger partial charge is 0.448 e. The summed E-state index contributed by atoms with van der Waals surface area (Å²) >= 11 is 3.42. The van der Waals surface area contributed by atoms with Crippen molar-refractivity contribution in [3.8, 4) is 0 Å². The van der Waals surface area contributed by atoms with Gasteiger partial charge in [-0.15, -0.1) is 0 Å². The van der Waals surface area contributed by atoms with Crippen LogP contribution in [0.1, 0.15) is 27.9 Å². The van der Waals surface area contributed by atoms with Gasteiger partial charge in [0.25, 0.3) is 5.91 Å². The highest BCUT2D eigenvalue weighted by Crippen LogP contribution is 2.14. The van der Waals surface area contributed by atoms with Gasteiger partial charge in [-0.25, -0.2) is 9.97 Å². The number of imidazole rings is 1. The van der Waals surface area contributed by atoms with Crippen LogP contribution in [0.25, 0.3) is 11.0 Å². The number of carbonyl (C=O) groups excluding carboxylic acids is 1. The Bertz CT molecular complexity index is 1190. The van der Waals surface area contributed by atoms with Gasteiger partial charge in [0.1, 0.15) is 12.1 Å². The van der Waals surface area contributed by atoms with Gasteiger partial charge in [0, 0.05) is 43.6 Å². The molecular formula is C22H23BrN6O2. The number of para-hydroxylation sites is 2. The van der Waals surface area contributed by atoms with E-state index in [0.717, 1.165) is 40.0 Å². The molecule has 4 rings (SSSR count). The first-order chi connectivity index (χ1) is 15.1. The van der Waals surface area contributed by atoms with Crippen LogP contribution >= 0.6 is 15.9 Å². The van der Waals surface area contributed by atoms with Gasteiger partial charge in [-0.1, -0.05) is 12.1 Å². The molecule has 0 spiro atoms. The standard InChI is InChI=1S/C22H23BrN6O2/c1-29-19-7-3-2-6-16(19)27-20(29)8-11-24-12-9-21-28-18(14-31-21)22(30)26-13-17-15(23)5-4-10-25-17/h2-7,10,14,24H,8-9,11-13H2,1H3,(H,26,30). The number of halogens is 1. The zero-order chi connectivity index (χ0) is 21.6. The highest BCUT2D eigenvalue weighted by molar-refractivity contribution is 9.10. The van der Waals surface area contributed by atoms with Crippen molar-refractivity contribution in [1.82, 2.24) is 30.2 Å². The van der Waals surface area contributed by atoms with Crippen LogP contribution in [0.15, 0.2) is 57.7 Å². The van der Waals surface area contributed by atoms with E-state index in [-0.39, 0.29) is 11.6 Å². The molecule has 0 saturated heterocycles. The molecule has 0 aliphatic rings. The number of oxazole rings is 1. The van der Waals surface area contributed by atoms with Gasteiger partial charge in [-0.3, -0.25) is 9.78 Å². The van der Waals surface area contributed by atoms with Gasteiger partial charge < -0.3 is 19.6 Å². The molecule has 0 unspecified atom stereocenters. The Morgan fingerprint density at radius 1 is 1.13 bits per heavy atom. The first kappa shape index (κ1) is 21.2. The number of fused-ring (bicyclic) bond motifs is 1. The molecule has 0 aliphatic carbocycles. The predicted molar refractivity (Wildman–Crippen MR) is 121 cm³/mol. The molecular weight excluding hydrogens is 460 g/mol. The predicted octanol–water partition coefficient (Wildman–Crippen LogP) is 3.02. The molecule has 3 heterocycles. The Kier molecular flexibility index (Phi) is 6.73. The van der Waals surface area contributed by atoms with Crippen molar-refractivity contribution in [3.63, 3.8) is 0 Å². The molecule has 31 heavy (non-hydrogen) atoms. The molecule has 9 heteroatoms. The summed E-state index contributed by atoms with van der Waals surface area (Å²) in [6.07, 6.45) is 4.50. The van der Waals surface area contributed by atoms with E-state index in [1.807, 2.05) is 37.4 Å². The number of amides is 1. The van der Waals surface area contributed by atoms with Crippen LogP contribution in [0, 0.1) is 0 Å². The third-order valence-corrected chi connectivity index (χ3v) is 5.68. The van der Waals surface area contributed by atoms with Crippen molar-refractivity contribution in [2.24, 2.45) is 7.05 Å². The van der Waals surface area contributed by atoms with Crippen molar-refractivity contribution >= 4 is 32.9 Å². The molecule has 0 bridgehead atoms. The molecule has 3 aromatic heterocycles. The van der Waals surface area contributed by atoms with E-state index in [9.17, 15) is 4.79 Å². The Hall–Kier alpha value is -3.04. The van der Waals surface area contributed by atoms with E-state index < -0.39 is 0 Å². The molecule has 0 fully saturated rings. The van der Waals surface area contributed by atoms with E-state index in [0.29, 0.717) is 25.4 Å². The molecule has 0 radical (unpaired) electrons. The second-order valence-electron chi connectivity index (χ2n) is 7.07. The van der Waals surface area contributed by atoms with Gasteiger partial charge >= 0.3 is 0 Å². The summed E-state index contributed by atoms with van der Waals surface area (Å²) in [6, 6.07) is 11.8. The highest BCUT2D eigenvalue weighted by atomic mass is 79.9. The average Bonchev–Trinajstić information content (AvgIpc) is 3.38. The minimum absolute atomic E-state index is 0.266. The Labute approximate surface area is 188 Å². The minimum Gasteiger partial charge on any atom is -0.448 e. The van der Waals surface area contributed by atoms with Crippen molar-refractivity contribution in [1.29, 1.82) is 0 Å². The Balaban J connectivity index is 1.20. The monoisotopic (exact) mass is 482 g/mol. The SMILES string of the molecule is Cn1c(CCNCCc2nc(C(=O)NCc3ncccc3Br)co2)nc2ccccc21. The number of nitrogens with zero attached hydrogens (tertiary/aromatic N) is 4. The fourth-order valence-corrected chi connectivity index (χ4v) is 3.67. The molecule has 0 saturated carbocycles. The number of rotatable bonds is 9. The Morgan fingerprint density at radius 2 is 1.97 bits per heavy atom. The van der Waals surface area contributed by atoms with Crippen LogP contribution in [-0.4, -0.2) is 38.5 Å². The smallest absolute Gasteiger partial charge is 0.273 e. The summed E-state index contributed by atoms with van der Waals surface area (Å²) in [4.78, 5) is 25.5. The average molecular weight is 483 g/mol. The lowest BCUT2D eigenvalue weighted by Gasteiger charge is -2.04. The second kappa shape index (κ2) is 9.84. The van der Waals surface area contributed by atoms with Crippen LogP contribution in [0.4, 0.5) is 0 Å². The normalized spacial score (nSPS) is 11.2. The van der Waals surface area contributed by atoms with Crippen molar-refractivity contribution in [3.05, 3.63) is 76.4 Å². The van der Waals surface area contributed by atoms with Crippen LogP contribution in [0.5, 0.6) is 0 Å². The van der Waals surface area contributed by atoms with E-state index in [2.05, 4.69) is 52.1 Å². The van der Waals surface area contributed by atoms with Crippen LogP contribution in [0.3, 0.4) is 0 Å². The zero-order valence-electron chi connectivity index (χ0n) is 17.1. The zero-order valence-corrected chi connectivity index (χ0v) is 18.7. The van der Waals surface area contributed by atoms with Gasteiger partial charge in [0.05, 0.1) is 23.3 Å². The summed E-state index contributed by atoms with van der Waals surface area (Å²) < 4.78 is 8.40. The van der Waals surface area contributed by atoms with E-state index in [1.165, 1.54) is 6.26 Å². The van der Waals surface area contributed by atoms with E-state index in [4.69, 9.17) is 4.42 Å². The molecule has 0 aliphatic heterocycles. The summed E-state index contributed by atoms with van der Waals surface area (Å²) in [5.74, 6) is 1.28. The first-order valence-electron chi connectivity index (χ1n) is 10.0. The molecule has 1 amide bonds. The van der Waals surface area contributed by atoms with Crippen LogP contribution in [-0.2, 0) is 26.4 Å². The quantitative estimate of drug-likeness (QED) is 0.356. The van der Waals surface area contributed by atoms with Crippen LogP contribution in [0.2, 0.25) is 0 Å². The van der Waals surface area contributed by atoms with Crippen molar-refractivity contribution < 1.29 is 9.21 Å². The maximum absolute atomic E-state index is 12.3. The van der Waals surface area contributed by atoms with E-state index in [1.54, 1.807) is 6.20 Å². The summed E-state index contributed by atoms with van der Waals surface area (Å²) in [5.41, 5.74) is 3.17. The second-order valence-corrected chi connectivity index (χ2v) is 7.92. The molecule has 4 aromatic rings. The summed E-state index contributed by atoms with van der Waals surface area (Å²) in [7, 11) is 2.04. The third kappa shape index (κ3) is 5.18. The van der Waals surface area contributed by atoms with Gasteiger partial charge in [-0.05, 0) is 40.2 Å². The topological polar surface area (TPSA) is 97.9 Å².